The van der Waals surface area contributed by atoms with Crippen molar-refractivity contribution in [2.75, 3.05) is 0 Å². The van der Waals surface area contributed by atoms with Crippen molar-refractivity contribution >= 4 is 21.4 Å². The normalized spacial score (nSPS) is 9.31. The predicted octanol–water partition coefficient (Wildman–Crippen LogP) is 0.859. The summed E-state index contributed by atoms with van der Waals surface area (Å²) in [6, 6.07) is 6.78. The standard InChI is InChI=1S/C9H8O3S/c1-7-3-2-4-8(5-7)9(10)6-13(11)12/h2-6H,1H3. The van der Waals surface area contributed by atoms with Gasteiger partial charge in [-0.25, -0.2) is 0 Å². The predicted molar refractivity (Wildman–Crippen MR) is 50.5 cm³/mol. The fourth-order valence-electron chi connectivity index (χ4n) is 0.954. The topological polar surface area (TPSA) is 51.2 Å². The third-order valence-electron chi connectivity index (χ3n) is 1.51. The van der Waals surface area contributed by atoms with Crippen LogP contribution in [0.25, 0.3) is 0 Å². The minimum Gasteiger partial charge on any atom is -0.288 e. The fourth-order valence-corrected chi connectivity index (χ4v) is 1.26. The molecule has 0 saturated heterocycles. The number of carbonyl (C=O) groups is 1. The Balaban J connectivity index is 3.10. The van der Waals surface area contributed by atoms with Gasteiger partial charge in [0.1, 0.15) is 5.37 Å². The Kier molecular flexibility index (Phi) is 2.97. The smallest absolute Gasteiger partial charge is 0.218 e. The van der Waals surface area contributed by atoms with Crippen molar-refractivity contribution < 1.29 is 13.2 Å². The van der Waals surface area contributed by atoms with E-state index in [0.717, 1.165) is 5.56 Å². The molecule has 0 saturated carbocycles. The van der Waals surface area contributed by atoms with Crippen molar-refractivity contribution in [1.29, 1.82) is 0 Å². The van der Waals surface area contributed by atoms with Crippen LogP contribution in [0.2, 0.25) is 0 Å². The molecule has 0 aliphatic carbocycles. The summed E-state index contributed by atoms with van der Waals surface area (Å²) >= 11 is 0. The van der Waals surface area contributed by atoms with Gasteiger partial charge in [0.2, 0.25) is 16.1 Å². The second-order valence-corrected chi connectivity index (χ2v) is 3.37. The van der Waals surface area contributed by atoms with Gasteiger partial charge in [-0.05, 0) is 13.0 Å². The Morgan fingerprint density at radius 1 is 1.38 bits per heavy atom. The molecule has 4 heteroatoms. The molecule has 0 N–H and O–H groups in total. The van der Waals surface area contributed by atoms with Gasteiger partial charge in [-0.3, -0.25) is 4.79 Å². The number of carbonyl (C=O) groups excluding carboxylic acids is 1. The van der Waals surface area contributed by atoms with Crippen LogP contribution in [0.1, 0.15) is 15.9 Å². The van der Waals surface area contributed by atoms with Crippen LogP contribution in [0.3, 0.4) is 0 Å². The number of benzene rings is 1. The number of aryl methyl sites for hydroxylation is 1. The lowest BCUT2D eigenvalue weighted by Crippen LogP contribution is -2.00. The highest BCUT2D eigenvalue weighted by Crippen LogP contribution is 2.03. The van der Waals surface area contributed by atoms with Gasteiger partial charge in [-0.2, -0.15) is 8.42 Å². The van der Waals surface area contributed by atoms with E-state index < -0.39 is 16.1 Å². The third kappa shape index (κ3) is 2.83. The SMILES string of the molecule is Cc1cccc(C(=O)C=S(=O)=O)c1. The van der Waals surface area contributed by atoms with Crippen molar-refractivity contribution in [3.05, 3.63) is 35.4 Å². The van der Waals surface area contributed by atoms with Gasteiger partial charge in [-0.1, -0.05) is 23.8 Å². The van der Waals surface area contributed by atoms with Gasteiger partial charge in [0.25, 0.3) is 0 Å². The van der Waals surface area contributed by atoms with Crippen LogP contribution in [0.5, 0.6) is 0 Å². The van der Waals surface area contributed by atoms with Crippen LogP contribution < -0.4 is 0 Å². The van der Waals surface area contributed by atoms with E-state index in [1.54, 1.807) is 18.2 Å². The Morgan fingerprint density at radius 3 is 2.62 bits per heavy atom. The fraction of sp³-hybridized carbons (Fsp3) is 0.111. The van der Waals surface area contributed by atoms with Crippen molar-refractivity contribution in [2.24, 2.45) is 0 Å². The summed E-state index contributed by atoms with van der Waals surface area (Å²) in [7, 11) is -2.43. The number of Topliss-reactive ketones (excluding diaryl/α,β-unsaturated/α-hetero) is 1. The maximum atomic E-state index is 11.2. The second kappa shape index (κ2) is 4.00. The van der Waals surface area contributed by atoms with E-state index in [1.165, 1.54) is 0 Å². The molecular weight excluding hydrogens is 188 g/mol. The minimum atomic E-state index is -2.43. The summed E-state index contributed by atoms with van der Waals surface area (Å²) in [5.74, 6) is -0.489. The lowest BCUT2D eigenvalue weighted by molar-refractivity contribution is 0.107. The van der Waals surface area contributed by atoms with Crippen LogP contribution in [0, 0.1) is 6.92 Å². The Bertz CT molecular complexity index is 450. The maximum absolute atomic E-state index is 11.2. The lowest BCUT2D eigenvalue weighted by atomic mass is 10.1. The molecule has 0 radical (unpaired) electrons. The molecule has 0 bridgehead atoms. The monoisotopic (exact) mass is 196 g/mol. The summed E-state index contributed by atoms with van der Waals surface area (Å²) in [6.07, 6.45) is 0. The Hall–Kier alpha value is -1.42. The van der Waals surface area contributed by atoms with Crippen molar-refractivity contribution in [3.8, 4) is 0 Å². The third-order valence-corrected chi connectivity index (χ3v) is 1.91. The highest BCUT2D eigenvalue weighted by Gasteiger charge is 2.01. The van der Waals surface area contributed by atoms with Gasteiger partial charge < -0.3 is 0 Å². The lowest BCUT2D eigenvalue weighted by Gasteiger charge is -1.94. The van der Waals surface area contributed by atoms with Crippen LogP contribution in [-0.4, -0.2) is 19.6 Å². The van der Waals surface area contributed by atoms with Gasteiger partial charge in [-0.15, -0.1) is 0 Å². The van der Waals surface area contributed by atoms with Crippen LogP contribution in [0.4, 0.5) is 0 Å². The summed E-state index contributed by atoms with van der Waals surface area (Å²) < 4.78 is 20.4. The number of rotatable bonds is 2. The van der Waals surface area contributed by atoms with Crippen LogP contribution in [-0.2, 0) is 10.3 Å². The zero-order chi connectivity index (χ0) is 9.84. The molecule has 0 aromatic heterocycles. The molecule has 1 aromatic carbocycles. The summed E-state index contributed by atoms with van der Waals surface area (Å²) in [5, 5.41) is 0.661. The van der Waals surface area contributed by atoms with Crippen LogP contribution in [0.15, 0.2) is 24.3 Å². The molecule has 0 amide bonds. The van der Waals surface area contributed by atoms with E-state index >= 15 is 0 Å². The van der Waals surface area contributed by atoms with Gasteiger partial charge >= 0.3 is 0 Å². The first-order valence-corrected chi connectivity index (χ1v) is 4.77. The summed E-state index contributed by atoms with van der Waals surface area (Å²) in [6.45, 7) is 1.84. The minimum absolute atomic E-state index is 0.393. The molecule has 0 fully saturated rings. The van der Waals surface area contributed by atoms with E-state index in [1.807, 2.05) is 13.0 Å². The quantitative estimate of drug-likeness (QED) is 0.520. The van der Waals surface area contributed by atoms with E-state index in [2.05, 4.69) is 0 Å². The summed E-state index contributed by atoms with van der Waals surface area (Å²) in [5.41, 5.74) is 1.32. The molecule has 3 nitrogen and oxygen atoms in total. The molecule has 0 unspecified atom stereocenters. The van der Waals surface area contributed by atoms with Crippen molar-refractivity contribution in [3.63, 3.8) is 0 Å². The highest BCUT2D eigenvalue weighted by molar-refractivity contribution is 7.73. The molecule has 0 aliphatic rings. The second-order valence-electron chi connectivity index (χ2n) is 2.61. The number of ketones is 1. The molecule has 0 heterocycles. The molecule has 1 rings (SSSR count). The Morgan fingerprint density at radius 2 is 2.08 bits per heavy atom. The van der Waals surface area contributed by atoms with Gasteiger partial charge in [0, 0.05) is 5.56 Å². The van der Waals surface area contributed by atoms with E-state index in [4.69, 9.17) is 0 Å². The average molecular weight is 196 g/mol. The maximum Gasteiger partial charge on any atom is 0.218 e. The first-order chi connectivity index (χ1) is 6.09. The van der Waals surface area contributed by atoms with Crippen LogP contribution >= 0.6 is 0 Å². The largest absolute Gasteiger partial charge is 0.288 e. The number of hydrogen-bond acceptors (Lipinski definition) is 3. The first kappa shape index (κ1) is 9.67. The average Bonchev–Trinajstić information content (AvgIpc) is 2.03. The van der Waals surface area contributed by atoms with Gasteiger partial charge in [0.05, 0.1) is 0 Å². The molecule has 0 spiro atoms. The van der Waals surface area contributed by atoms with Crippen molar-refractivity contribution in [1.82, 2.24) is 0 Å². The molecular formula is C9H8O3S. The highest BCUT2D eigenvalue weighted by atomic mass is 32.2. The van der Waals surface area contributed by atoms with E-state index in [0.29, 0.717) is 10.9 Å². The molecule has 0 atom stereocenters. The molecule has 13 heavy (non-hydrogen) atoms. The summed E-state index contributed by atoms with van der Waals surface area (Å²) in [4.78, 5) is 11.2. The zero-order valence-electron chi connectivity index (χ0n) is 7.02. The molecule has 1 aromatic rings. The Labute approximate surface area is 77.5 Å². The first-order valence-electron chi connectivity index (χ1n) is 3.63. The number of hydrogen-bond donors (Lipinski definition) is 0. The van der Waals surface area contributed by atoms with E-state index in [-0.39, 0.29) is 0 Å². The zero-order valence-corrected chi connectivity index (χ0v) is 7.84. The molecule has 68 valence electrons. The van der Waals surface area contributed by atoms with E-state index in [9.17, 15) is 13.2 Å². The van der Waals surface area contributed by atoms with Crippen molar-refractivity contribution in [2.45, 2.75) is 6.92 Å². The van der Waals surface area contributed by atoms with Gasteiger partial charge in [0.15, 0.2) is 0 Å². The molecule has 0 aliphatic heterocycles.